The van der Waals surface area contributed by atoms with Gasteiger partial charge in [0.15, 0.2) is 4.96 Å². The fraction of sp³-hybridized carbons (Fsp3) is 0.190. The first-order chi connectivity index (χ1) is 12.7. The molecular weight excluding hydrogens is 342 g/mol. The zero-order valence-electron chi connectivity index (χ0n) is 14.9. The van der Waals surface area contributed by atoms with E-state index < -0.39 is 0 Å². The van der Waals surface area contributed by atoms with Gasteiger partial charge in [-0.25, -0.2) is 4.98 Å². The van der Waals surface area contributed by atoms with Crippen LogP contribution in [0, 0.1) is 6.92 Å². The molecule has 4 nitrogen and oxygen atoms in total. The Labute approximate surface area is 156 Å². The van der Waals surface area contributed by atoms with Gasteiger partial charge in [-0.15, -0.1) is 11.3 Å². The van der Waals surface area contributed by atoms with Crippen molar-refractivity contribution in [3.05, 3.63) is 59.6 Å². The van der Waals surface area contributed by atoms with E-state index >= 15 is 0 Å². The van der Waals surface area contributed by atoms with Gasteiger partial charge in [0.05, 0.1) is 18.0 Å². The molecule has 2 aromatic heterocycles. The third-order valence-corrected chi connectivity index (χ3v) is 5.27. The van der Waals surface area contributed by atoms with Gasteiger partial charge in [-0.3, -0.25) is 4.40 Å². The second kappa shape index (κ2) is 6.84. The molecule has 132 valence electrons. The van der Waals surface area contributed by atoms with E-state index in [0.29, 0.717) is 0 Å². The van der Waals surface area contributed by atoms with E-state index in [4.69, 9.17) is 15.5 Å². The summed E-state index contributed by atoms with van der Waals surface area (Å²) in [6.45, 7) is 4.99. The van der Waals surface area contributed by atoms with Gasteiger partial charge in [-0.1, -0.05) is 19.1 Å². The molecular formula is C21H21N3OS. The molecule has 0 radical (unpaired) electrons. The number of benzene rings is 2. The number of ether oxygens (including phenoxy) is 1. The van der Waals surface area contributed by atoms with Crippen LogP contribution in [0.2, 0.25) is 0 Å². The number of rotatable bonds is 5. The molecule has 0 aliphatic heterocycles. The molecule has 0 amide bonds. The number of nitrogens with two attached hydrogens (primary N) is 1. The molecule has 2 aromatic carbocycles. The summed E-state index contributed by atoms with van der Waals surface area (Å²) < 4.78 is 7.86. The van der Waals surface area contributed by atoms with Gasteiger partial charge in [0.2, 0.25) is 0 Å². The van der Waals surface area contributed by atoms with E-state index in [1.807, 2.05) is 36.4 Å². The lowest BCUT2D eigenvalue weighted by Gasteiger charge is -2.06. The molecule has 0 aliphatic carbocycles. The highest BCUT2D eigenvalue weighted by molar-refractivity contribution is 7.17. The number of aromatic nitrogens is 2. The van der Waals surface area contributed by atoms with Crippen LogP contribution in [0.3, 0.4) is 0 Å². The Kier molecular flexibility index (Phi) is 4.39. The summed E-state index contributed by atoms with van der Waals surface area (Å²) in [7, 11) is 0. The molecule has 4 aromatic rings. The minimum Gasteiger partial charge on any atom is -0.494 e. The number of anilines is 1. The molecule has 0 saturated carbocycles. The van der Waals surface area contributed by atoms with Crippen molar-refractivity contribution in [2.45, 2.75) is 20.3 Å². The van der Waals surface area contributed by atoms with Crippen molar-refractivity contribution < 1.29 is 4.74 Å². The van der Waals surface area contributed by atoms with Crippen LogP contribution in [0.4, 0.5) is 5.69 Å². The number of fused-ring (bicyclic) bond motifs is 1. The maximum Gasteiger partial charge on any atom is 0.194 e. The molecule has 5 heteroatoms. The van der Waals surface area contributed by atoms with Gasteiger partial charge in [-0.05, 0) is 55.3 Å². The number of imidazole rings is 1. The molecule has 2 N–H and O–H groups in total. The molecule has 2 heterocycles. The fourth-order valence-electron chi connectivity index (χ4n) is 3.01. The van der Waals surface area contributed by atoms with Crippen LogP contribution in [-0.2, 0) is 0 Å². The van der Waals surface area contributed by atoms with Crippen molar-refractivity contribution in [2.75, 3.05) is 12.3 Å². The van der Waals surface area contributed by atoms with Gasteiger partial charge < -0.3 is 10.5 Å². The minimum atomic E-state index is 0.744. The number of nitrogens with zero attached hydrogens (tertiary/aromatic N) is 2. The van der Waals surface area contributed by atoms with Crippen molar-refractivity contribution >= 4 is 22.0 Å². The van der Waals surface area contributed by atoms with Crippen molar-refractivity contribution in [1.29, 1.82) is 0 Å². The fourth-order valence-corrected chi connectivity index (χ4v) is 3.99. The van der Waals surface area contributed by atoms with Crippen LogP contribution < -0.4 is 10.5 Å². The smallest absolute Gasteiger partial charge is 0.194 e. The predicted octanol–water partition coefficient (Wildman–Crippen LogP) is 5.41. The summed E-state index contributed by atoms with van der Waals surface area (Å²) in [6.07, 6.45) is 3.11. The van der Waals surface area contributed by atoms with E-state index in [-0.39, 0.29) is 0 Å². The van der Waals surface area contributed by atoms with Crippen molar-refractivity contribution in [1.82, 2.24) is 9.38 Å². The zero-order valence-corrected chi connectivity index (χ0v) is 15.7. The number of hydrogen-bond acceptors (Lipinski definition) is 4. The van der Waals surface area contributed by atoms with Gasteiger partial charge >= 0.3 is 0 Å². The van der Waals surface area contributed by atoms with Crippen molar-refractivity contribution in [2.24, 2.45) is 0 Å². The average molecular weight is 363 g/mol. The summed E-state index contributed by atoms with van der Waals surface area (Å²) in [4.78, 5) is 7.04. The van der Waals surface area contributed by atoms with Gasteiger partial charge in [0, 0.05) is 22.3 Å². The summed E-state index contributed by atoms with van der Waals surface area (Å²) in [5.41, 5.74) is 10.9. The lowest BCUT2D eigenvalue weighted by atomic mass is 10.1. The molecule has 0 spiro atoms. The Morgan fingerprint density at radius 1 is 1.04 bits per heavy atom. The Hall–Kier alpha value is -2.79. The summed E-state index contributed by atoms with van der Waals surface area (Å²) in [6, 6.07) is 16.1. The Balaban J connectivity index is 1.72. The van der Waals surface area contributed by atoms with Crippen LogP contribution >= 0.6 is 11.3 Å². The second-order valence-corrected chi connectivity index (χ2v) is 7.46. The van der Waals surface area contributed by atoms with E-state index in [2.05, 4.69) is 36.6 Å². The average Bonchev–Trinajstić information content (AvgIpc) is 3.18. The Bertz CT molecular complexity index is 1030. The SMILES string of the molecule is CCCOc1ccc(-c2c(C)sc3nc(-c4ccc(N)cc4)cn23)cc1. The van der Waals surface area contributed by atoms with Gasteiger partial charge in [0.25, 0.3) is 0 Å². The number of thiazole rings is 1. The number of aryl methyl sites for hydroxylation is 1. The first-order valence-electron chi connectivity index (χ1n) is 8.73. The normalized spacial score (nSPS) is 11.2. The Morgan fingerprint density at radius 3 is 2.42 bits per heavy atom. The molecule has 4 rings (SSSR count). The summed E-state index contributed by atoms with van der Waals surface area (Å²) in [5, 5.41) is 0. The molecule has 0 unspecified atom stereocenters. The maximum atomic E-state index is 5.79. The third-order valence-electron chi connectivity index (χ3n) is 4.30. The van der Waals surface area contributed by atoms with E-state index in [1.165, 1.54) is 16.1 Å². The zero-order chi connectivity index (χ0) is 18.1. The van der Waals surface area contributed by atoms with E-state index in [0.717, 1.165) is 40.7 Å². The first-order valence-corrected chi connectivity index (χ1v) is 9.55. The first kappa shape index (κ1) is 16.7. The molecule has 0 atom stereocenters. The summed E-state index contributed by atoms with van der Waals surface area (Å²) in [5.74, 6) is 0.910. The van der Waals surface area contributed by atoms with Crippen LogP contribution in [0.25, 0.3) is 27.5 Å². The van der Waals surface area contributed by atoms with Gasteiger partial charge in [0.1, 0.15) is 5.75 Å². The monoisotopic (exact) mass is 363 g/mol. The highest BCUT2D eigenvalue weighted by Gasteiger charge is 2.14. The second-order valence-electron chi connectivity index (χ2n) is 6.28. The quantitative estimate of drug-likeness (QED) is 0.482. The van der Waals surface area contributed by atoms with Crippen LogP contribution in [0.5, 0.6) is 5.75 Å². The standard InChI is InChI=1S/C21H21N3OS/c1-3-12-25-18-10-6-16(7-11-18)20-14(2)26-21-23-19(13-24(20)21)15-4-8-17(22)9-5-15/h4-11,13H,3,12,22H2,1-2H3. The summed E-state index contributed by atoms with van der Waals surface area (Å²) >= 11 is 1.71. The number of nitrogen functional groups attached to an aromatic ring is 1. The van der Waals surface area contributed by atoms with E-state index in [9.17, 15) is 0 Å². The molecule has 0 aliphatic rings. The molecule has 0 bridgehead atoms. The topological polar surface area (TPSA) is 52.5 Å². The van der Waals surface area contributed by atoms with Crippen molar-refractivity contribution in [3.63, 3.8) is 0 Å². The largest absolute Gasteiger partial charge is 0.494 e. The molecule has 26 heavy (non-hydrogen) atoms. The number of hydrogen-bond donors (Lipinski definition) is 1. The minimum absolute atomic E-state index is 0.744. The predicted molar refractivity (Wildman–Crippen MR) is 109 cm³/mol. The maximum absolute atomic E-state index is 5.79. The van der Waals surface area contributed by atoms with Crippen LogP contribution in [0.1, 0.15) is 18.2 Å². The third kappa shape index (κ3) is 3.06. The molecule has 0 saturated heterocycles. The highest BCUT2D eigenvalue weighted by atomic mass is 32.1. The van der Waals surface area contributed by atoms with Crippen LogP contribution in [-0.4, -0.2) is 16.0 Å². The van der Waals surface area contributed by atoms with Crippen molar-refractivity contribution in [3.8, 4) is 28.3 Å². The molecule has 0 fully saturated rings. The van der Waals surface area contributed by atoms with Crippen LogP contribution in [0.15, 0.2) is 54.7 Å². The Morgan fingerprint density at radius 2 is 1.73 bits per heavy atom. The lowest BCUT2D eigenvalue weighted by molar-refractivity contribution is 0.317. The highest BCUT2D eigenvalue weighted by Crippen LogP contribution is 2.34. The van der Waals surface area contributed by atoms with Gasteiger partial charge in [-0.2, -0.15) is 0 Å². The van der Waals surface area contributed by atoms with E-state index in [1.54, 1.807) is 11.3 Å². The lowest BCUT2D eigenvalue weighted by Crippen LogP contribution is -1.94.